The fourth-order valence-electron chi connectivity index (χ4n) is 2.79. The van der Waals surface area contributed by atoms with Gasteiger partial charge in [0.2, 0.25) is 0 Å². The van der Waals surface area contributed by atoms with E-state index >= 15 is 0 Å². The largest absolute Gasteiger partial charge is 0.390 e. The van der Waals surface area contributed by atoms with Gasteiger partial charge in [0, 0.05) is 12.6 Å². The summed E-state index contributed by atoms with van der Waals surface area (Å²) in [4.78, 5) is 2.50. The highest BCUT2D eigenvalue weighted by Crippen LogP contribution is 2.36. The van der Waals surface area contributed by atoms with E-state index in [0.717, 1.165) is 13.2 Å². The zero-order valence-corrected chi connectivity index (χ0v) is 8.56. The lowest BCUT2D eigenvalue weighted by Gasteiger charge is -2.37. The summed E-state index contributed by atoms with van der Waals surface area (Å²) in [5.74, 6) is 0.541. The molecule has 80 valence electrons. The number of hydrogen-bond donors (Lipinski definition) is 1. The Morgan fingerprint density at radius 2 is 2.14 bits per heavy atom. The highest BCUT2D eigenvalue weighted by atomic mass is 16.5. The van der Waals surface area contributed by atoms with Crippen molar-refractivity contribution in [1.29, 1.82) is 0 Å². The first-order valence-corrected chi connectivity index (χ1v) is 5.88. The minimum absolute atomic E-state index is 0.0943. The molecule has 0 radical (unpaired) electrons. The number of fused-ring (bicyclic) bond motifs is 1. The normalized spacial score (nSPS) is 40.9. The Hall–Kier alpha value is -0.120. The Kier molecular flexibility index (Phi) is 2.26. The third kappa shape index (κ3) is 1.58. The van der Waals surface area contributed by atoms with E-state index in [1.54, 1.807) is 0 Å². The maximum absolute atomic E-state index is 9.98. The van der Waals surface area contributed by atoms with Crippen molar-refractivity contribution >= 4 is 0 Å². The van der Waals surface area contributed by atoms with Gasteiger partial charge in [0.15, 0.2) is 0 Å². The first-order valence-electron chi connectivity index (χ1n) is 5.88. The molecule has 0 spiro atoms. The van der Waals surface area contributed by atoms with Gasteiger partial charge >= 0.3 is 0 Å². The number of hydrogen-bond acceptors (Lipinski definition) is 3. The molecule has 3 nitrogen and oxygen atoms in total. The lowest BCUT2D eigenvalue weighted by Crippen LogP contribution is -2.50. The monoisotopic (exact) mass is 197 g/mol. The highest BCUT2D eigenvalue weighted by molar-refractivity contribution is 4.92. The smallest absolute Gasteiger partial charge is 0.0963 e. The van der Waals surface area contributed by atoms with E-state index < -0.39 is 0 Å². The Morgan fingerprint density at radius 1 is 1.29 bits per heavy atom. The molecule has 3 fully saturated rings. The Bertz CT molecular complexity index is 217. The number of morpholine rings is 1. The molecule has 1 aliphatic carbocycles. The average molecular weight is 197 g/mol. The molecule has 2 heterocycles. The number of aliphatic hydroxyl groups excluding tert-OH is 1. The molecule has 2 aliphatic heterocycles. The summed E-state index contributed by atoms with van der Waals surface area (Å²) in [6.07, 6.45) is 4.88. The van der Waals surface area contributed by atoms with Gasteiger partial charge in [-0.05, 0) is 38.1 Å². The molecular weight excluding hydrogens is 178 g/mol. The maximum atomic E-state index is 9.98. The highest BCUT2D eigenvalue weighted by Gasteiger charge is 2.40. The molecule has 0 aromatic heterocycles. The fourth-order valence-corrected chi connectivity index (χ4v) is 2.79. The van der Waals surface area contributed by atoms with E-state index in [4.69, 9.17) is 4.74 Å². The molecule has 3 aliphatic rings. The van der Waals surface area contributed by atoms with Crippen molar-refractivity contribution in [2.24, 2.45) is 5.92 Å². The molecule has 0 bridgehead atoms. The van der Waals surface area contributed by atoms with Crippen LogP contribution < -0.4 is 0 Å². The number of ether oxygens (including phenoxy) is 1. The van der Waals surface area contributed by atoms with Gasteiger partial charge < -0.3 is 9.84 Å². The zero-order chi connectivity index (χ0) is 9.54. The van der Waals surface area contributed by atoms with Crippen LogP contribution in [-0.2, 0) is 4.74 Å². The van der Waals surface area contributed by atoms with Gasteiger partial charge in [-0.25, -0.2) is 0 Å². The Morgan fingerprint density at radius 3 is 2.93 bits per heavy atom. The van der Waals surface area contributed by atoms with Gasteiger partial charge in [-0.15, -0.1) is 0 Å². The summed E-state index contributed by atoms with van der Waals surface area (Å²) < 4.78 is 5.76. The number of aliphatic hydroxyl groups is 1. The van der Waals surface area contributed by atoms with Crippen LogP contribution in [0, 0.1) is 5.92 Å². The zero-order valence-electron chi connectivity index (χ0n) is 8.56. The summed E-state index contributed by atoms with van der Waals surface area (Å²) in [6.45, 7) is 3.01. The van der Waals surface area contributed by atoms with Crippen molar-refractivity contribution in [2.75, 3.05) is 19.7 Å². The summed E-state index contributed by atoms with van der Waals surface area (Å²) in [5, 5.41) is 9.98. The lowest BCUT2D eigenvalue weighted by molar-refractivity contribution is -0.107. The molecule has 3 atom stereocenters. The van der Waals surface area contributed by atoms with Crippen LogP contribution in [0.1, 0.15) is 25.7 Å². The number of nitrogens with zero attached hydrogens (tertiary/aromatic N) is 1. The van der Waals surface area contributed by atoms with Crippen molar-refractivity contribution in [3.8, 4) is 0 Å². The van der Waals surface area contributed by atoms with E-state index in [1.807, 2.05) is 0 Å². The van der Waals surface area contributed by atoms with Crippen molar-refractivity contribution in [3.63, 3.8) is 0 Å². The number of rotatable bonds is 2. The predicted octanol–water partition coefficient (Wildman–Crippen LogP) is 0.620. The molecule has 0 aromatic carbocycles. The predicted molar refractivity (Wildman–Crippen MR) is 53.1 cm³/mol. The first-order chi connectivity index (χ1) is 6.84. The molecule has 3 heteroatoms. The summed E-state index contributed by atoms with van der Waals surface area (Å²) in [5.41, 5.74) is 0. The molecule has 14 heavy (non-hydrogen) atoms. The molecule has 1 saturated carbocycles. The topological polar surface area (TPSA) is 32.7 Å². The van der Waals surface area contributed by atoms with E-state index in [2.05, 4.69) is 4.90 Å². The van der Waals surface area contributed by atoms with Gasteiger partial charge in [-0.3, -0.25) is 4.90 Å². The van der Waals surface area contributed by atoms with Crippen LogP contribution in [0.25, 0.3) is 0 Å². The standard InChI is InChI=1S/C11H19NO2/c13-11(8-3-4-8)10-6-12-5-1-2-9(12)7-14-10/h8-11,13H,1-7H2. The van der Waals surface area contributed by atoms with Crippen molar-refractivity contribution in [3.05, 3.63) is 0 Å². The fraction of sp³-hybridized carbons (Fsp3) is 1.00. The van der Waals surface area contributed by atoms with Crippen molar-refractivity contribution in [2.45, 2.75) is 43.9 Å². The average Bonchev–Trinajstić information content (AvgIpc) is 2.95. The SMILES string of the molecule is OC(C1CC1)C1CN2CCCC2CO1. The molecule has 3 rings (SSSR count). The van der Waals surface area contributed by atoms with Gasteiger partial charge in [-0.1, -0.05) is 0 Å². The Labute approximate surface area is 85.0 Å². The van der Waals surface area contributed by atoms with Crippen LogP contribution in [0.5, 0.6) is 0 Å². The van der Waals surface area contributed by atoms with Crippen LogP contribution in [0.2, 0.25) is 0 Å². The van der Waals surface area contributed by atoms with E-state index in [-0.39, 0.29) is 12.2 Å². The maximum Gasteiger partial charge on any atom is 0.0963 e. The summed E-state index contributed by atoms with van der Waals surface area (Å²) in [6, 6.07) is 0.651. The Balaban J connectivity index is 1.60. The second-order valence-corrected chi connectivity index (χ2v) is 4.99. The minimum atomic E-state index is -0.198. The van der Waals surface area contributed by atoms with Gasteiger partial charge in [0.25, 0.3) is 0 Å². The molecule has 2 saturated heterocycles. The minimum Gasteiger partial charge on any atom is -0.390 e. The third-order valence-electron chi connectivity index (χ3n) is 3.90. The van der Waals surface area contributed by atoms with Crippen LogP contribution >= 0.6 is 0 Å². The second-order valence-electron chi connectivity index (χ2n) is 4.99. The van der Waals surface area contributed by atoms with E-state index in [1.165, 1.54) is 32.2 Å². The molecule has 0 aromatic rings. The first kappa shape index (κ1) is 9.13. The van der Waals surface area contributed by atoms with Gasteiger partial charge in [0.05, 0.1) is 18.8 Å². The van der Waals surface area contributed by atoms with Crippen molar-refractivity contribution in [1.82, 2.24) is 4.90 Å². The third-order valence-corrected chi connectivity index (χ3v) is 3.90. The molecule has 3 unspecified atom stereocenters. The van der Waals surface area contributed by atoms with E-state index in [0.29, 0.717) is 12.0 Å². The summed E-state index contributed by atoms with van der Waals surface area (Å²) in [7, 11) is 0. The van der Waals surface area contributed by atoms with Crippen LogP contribution in [0.3, 0.4) is 0 Å². The summed E-state index contributed by atoms with van der Waals surface area (Å²) >= 11 is 0. The van der Waals surface area contributed by atoms with Crippen LogP contribution in [-0.4, -0.2) is 48.0 Å². The van der Waals surface area contributed by atoms with Crippen LogP contribution in [0.15, 0.2) is 0 Å². The second kappa shape index (κ2) is 3.47. The molecule has 1 N–H and O–H groups in total. The lowest BCUT2D eigenvalue weighted by atomic mass is 10.1. The molecular formula is C11H19NO2. The van der Waals surface area contributed by atoms with Crippen LogP contribution in [0.4, 0.5) is 0 Å². The molecule has 0 amide bonds. The van der Waals surface area contributed by atoms with Gasteiger partial charge in [0.1, 0.15) is 0 Å². The van der Waals surface area contributed by atoms with Gasteiger partial charge in [-0.2, -0.15) is 0 Å². The van der Waals surface area contributed by atoms with Crippen molar-refractivity contribution < 1.29 is 9.84 Å². The quantitative estimate of drug-likeness (QED) is 0.704. The van der Waals surface area contributed by atoms with E-state index in [9.17, 15) is 5.11 Å².